The number of halogens is 1. The Labute approximate surface area is 135 Å². The molecular weight excluding hydrogens is 301 g/mol. The van der Waals surface area contributed by atoms with Gasteiger partial charge < -0.3 is 10.1 Å². The average molecular weight is 321 g/mol. The molecule has 0 unspecified atom stereocenters. The summed E-state index contributed by atoms with van der Waals surface area (Å²) in [5.74, 6) is 5.85. The molecule has 0 spiro atoms. The molecule has 2 rings (SSSR count). The third-order valence-electron chi connectivity index (χ3n) is 3.39. The number of hydrogen-bond donors (Lipinski definition) is 1. The number of ether oxygens (including phenoxy) is 1. The number of amides is 1. The highest BCUT2D eigenvalue weighted by atomic mass is 32.2. The van der Waals surface area contributed by atoms with E-state index in [1.807, 2.05) is 0 Å². The molecule has 1 fully saturated rings. The van der Waals surface area contributed by atoms with Crippen molar-refractivity contribution in [3.05, 3.63) is 30.1 Å². The Hall–Kier alpha value is -1.67. The first-order valence-corrected chi connectivity index (χ1v) is 8.52. The number of nitrogens with one attached hydrogen (secondary N) is 1. The summed E-state index contributed by atoms with van der Waals surface area (Å²) >= 11 is 1.73. The van der Waals surface area contributed by atoms with E-state index in [2.05, 4.69) is 17.2 Å². The molecule has 0 aromatic heterocycles. The van der Waals surface area contributed by atoms with Crippen LogP contribution in [0.1, 0.15) is 25.7 Å². The van der Waals surface area contributed by atoms with E-state index in [4.69, 9.17) is 4.74 Å². The van der Waals surface area contributed by atoms with Crippen molar-refractivity contribution in [1.82, 2.24) is 5.32 Å². The molecule has 5 heteroatoms. The molecule has 1 aliphatic rings. The standard InChI is InChI=1S/C17H20FNO2S/c18-15-9-3-4-10-16(15)21-12-6-5-11-19-17(20)13-22-14-7-1-2-8-14/h3-4,9-10,14H,1-2,7-8,11-13H2,(H,19,20). The summed E-state index contributed by atoms with van der Waals surface area (Å²) < 4.78 is 18.4. The summed E-state index contributed by atoms with van der Waals surface area (Å²) in [5.41, 5.74) is 0. The van der Waals surface area contributed by atoms with E-state index in [-0.39, 0.29) is 18.3 Å². The van der Waals surface area contributed by atoms with E-state index in [1.165, 1.54) is 31.7 Å². The first-order valence-electron chi connectivity index (χ1n) is 7.47. The molecule has 1 aromatic rings. The third kappa shape index (κ3) is 5.98. The van der Waals surface area contributed by atoms with Gasteiger partial charge in [0.05, 0.1) is 12.3 Å². The smallest absolute Gasteiger partial charge is 0.230 e. The van der Waals surface area contributed by atoms with Gasteiger partial charge in [0, 0.05) is 5.25 Å². The van der Waals surface area contributed by atoms with E-state index < -0.39 is 5.82 Å². The molecule has 1 N–H and O–H groups in total. The molecule has 1 saturated carbocycles. The first-order chi connectivity index (χ1) is 10.8. The number of thioether (sulfide) groups is 1. The van der Waals surface area contributed by atoms with Gasteiger partial charge in [0.2, 0.25) is 5.91 Å². The fraction of sp³-hybridized carbons (Fsp3) is 0.471. The van der Waals surface area contributed by atoms with Crippen molar-refractivity contribution < 1.29 is 13.9 Å². The molecule has 0 heterocycles. The number of carbonyl (C=O) groups excluding carboxylic acids is 1. The molecule has 118 valence electrons. The molecular formula is C17H20FNO2S. The summed E-state index contributed by atoms with van der Waals surface area (Å²) in [6.07, 6.45) is 5.02. The lowest BCUT2D eigenvalue weighted by molar-refractivity contribution is -0.118. The summed E-state index contributed by atoms with van der Waals surface area (Å²) in [4.78, 5) is 11.6. The van der Waals surface area contributed by atoms with Crippen LogP contribution >= 0.6 is 11.8 Å². The van der Waals surface area contributed by atoms with Crippen molar-refractivity contribution in [2.45, 2.75) is 30.9 Å². The van der Waals surface area contributed by atoms with E-state index in [1.54, 1.807) is 30.0 Å². The lowest BCUT2D eigenvalue weighted by Gasteiger charge is -2.07. The van der Waals surface area contributed by atoms with Crippen molar-refractivity contribution in [2.75, 3.05) is 18.9 Å². The fourth-order valence-electron chi connectivity index (χ4n) is 2.23. The van der Waals surface area contributed by atoms with Gasteiger partial charge in [0.1, 0.15) is 6.61 Å². The number of rotatable bonds is 6. The predicted molar refractivity (Wildman–Crippen MR) is 87.4 cm³/mol. The molecule has 3 nitrogen and oxygen atoms in total. The zero-order valence-corrected chi connectivity index (χ0v) is 13.3. The Morgan fingerprint density at radius 2 is 2.09 bits per heavy atom. The predicted octanol–water partition coefficient (Wildman–Crippen LogP) is 3.00. The maximum absolute atomic E-state index is 13.3. The minimum absolute atomic E-state index is 0.0150. The highest BCUT2D eigenvalue weighted by Gasteiger charge is 2.16. The summed E-state index contributed by atoms with van der Waals surface area (Å²) in [5, 5.41) is 3.40. The van der Waals surface area contributed by atoms with Crippen LogP contribution in [0.4, 0.5) is 4.39 Å². The fourth-order valence-corrected chi connectivity index (χ4v) is 3.39. The lowest BCUT2D eigenvalue weighted by atomic mass is 10.3. The average Bonchev–Trinajstić information content (AvgIpc) is 3.04. The summed E-state index contributed by atoms with van der Waals surface area (Å²) in [6.45, 7) is 0.401. The Bertz CT molecular complexity index is 547. The molecule has 0 radical (unpaired) electrons. The van der Waals surface area contributed by atoms with Crippen LogP contribution in [0.25, 0.3) is 0 Å². The number of benzene rings is 1. The molecule has 0 atom stereocenters. The summed E-state index contributed by atoms with van der Waals surface area (Å²) in [6, 6.07) is 6.20. The van der Waals surface area contributed by atoms with Crippen molar-refractivity contribution in [3.63, 3.8) is 0 Å². The normalized spacial score (nSPS) is 14.2. The number of carbonyl (C=O) groups is 1. The van der Waals surface area contributed by atoms with Gasteiger partial charge in [-0.1, -0.05) is 36.8 Å². The lowest BCUT2D eigenvalue weighted by Crippen LogP contribution is -2.26. The minimum atomic E-state index is -0.401. The van der Waals surface area contributed by atoms with Gasteiger partial charge in [-0.05, 0) is 25.0 Å². The molecule has 1 amide bonds. The van der Waals surface area contributed by atoms with Crippen LogP contribution < -0.4 is 10.1 Å². The van der Waals surface area contributed by atoms with Gasteiger partial charge in [-0.15, -0.1) is 11.8 Å². The largest absolute Gasteiger partial charge is 0.478 e. The highest BCUT2D eigenvalue weighted by molar-refractivity contribution is 8.00. The van der Waals surface area contributed by atoms with Crippen molar-refractivity contribution in [1.29, 1.82) is 0 Å². The van der Waals surface area contributed by atoms with Crippen LogP contribution in [-0.4, -0.2) is 30.1 Å². The van der Waals surface area contributed by atoms with Gasteiger partial charge in [0.25, 0.3) is 0 Å². The van der Waals surface area contributed by atoms with Gasteiger partial charge in [0.15, 0.2) is 11.6 Å². The molecule has 0 aliphatic heterocycles. The number of para-hydroxylation sites is 1. The zero-order valence-electron chi connectivity index (χ0n) is 12.4. The van der Waals surface area contributed by atoms with Crippen molar-refractivity contribution >= 4 is 17.7 Å². The maximum Gasteiger partial charge on any atom is 0.230 e. The van der Waals surface area contributed by atoms with Gasteiger partial charge in [-0.3, -0.25) is 4.79 Å². The van der Waals surface area contributed by atoms with E-state index in [0.717, 1.165) is 0 Å². The van der Waals surface area contributed by atoms with Crippen LogP contribution in [0, 0.1) is 17.7 Å². The second kappa shape index (κ2) is 9.37. The molecule has 1 aliphatic carbocycles. The topological polar surface area (TPSA) is 38.3 Å². The number of hydrogen-bond acceptors (Lipinski definition) is 3. The van der Waals surface area contributed by atoms with Crippen LogP contribution in [-0.2, 0) is 4.79 Å². The van der Waals surface area contributed by atoms with Crippen molar-refractivity contribution in [3.8, 4) is 17.6 Å². The first kappa shape index (κ1) is 16.7. The van der Waals surface area contributed by atoms with Gasteiger partial charge in [-0.25, -0.2) is 4.39 Å². The maximum atomic E-state index is 13.3. The zero-order chi connectivity index (χ0) is 15.6. The molecule has 0 saturated heterocycles. The second-order valence-electron chi connectivity index (χ2n) is 5.07. The van der Waals surface area contributed by atoms with E-state index in [0.29, 0.717) is 17.5 Å². The Kier molecular flexibility index (Phi) is 7.11. The van der Waals surface area contributed by atoms with Crippen LogP contribution in [0.5, 0.6) is 5.75 Å². The summed E-state index contributed by atoms with van der Waals surface area (Å²) in [7, 11) is 0. The minimum Gasteiger partial charge on any atom is -0.478 e. The van der Waals surface area contributed by atoms with E-state index >= 15 is 0 Å². The SMILES string of the molecule is O=C(CSC1CCCC1)NCC#CCOc1ccccc1F. The van der Waals surface area contributed by atoms with Gasteiger partial charge >= 0.3 is 0 Å². The quantitative estimate of drug-likeness (QED) is 0.819. The third-order valence-corrected chi connectivity index (χ3v) is 4.76. The van der Waals surface area contributed by atoms with Gasteiger partial charge in [-0.2, -0.15) is 0 Å². The second-order valence-corrected chi connectivity index (χ2v) is 6.36. The van der Waals surface area contributed by atoms with Crippen LogP contribution in [0.15, 0.2) is 24.3 Å². The monoisotopic (exact) mass is 321 g/mol. The molecule has 0 bridgehead atoms. The van der Waals surface area contributed by atoms with Crippen molar-refractivity contribution in [2.24, 2.45) is 0 Å². The Morgan fingerprint density at radius 3 is 2.86 bits per heavy atom. The van der Waals surface area contributed by atoms with Crippen LogP contribution in [0.3, 0.4) is 0 Å². The highest BCUT2D eigenvalue weighted by Crippen LogP contribution is 2.28. The molecule has 22 heavy (non-hydrogen) atoms. The Morgan fingerprint density at radius 1 is 1.32 bits per heavy atom. The Balaban J connectivity index is 1.56. The van der Waals surface area contributed by atoms with E-state index in [9.17, 15) is 9.18 Å². The van der Waals surface area contributed by atoms with Crippen LogP contribution in [0.2, 0.25) is 0 Å². The molecule has 1 aromatic carbocycles.